The van der Waals surface area contributed by atoms with Crippen molar-refractivity contribution in [2.24, 2.45) is 0 Å². The average molecular weight is 371 g/mol. The lowest BCUT2D eigenvalue weighted by atomic mass is 10.2. The van der Waals surface area contributed by atoms with Gasteiger partial charge >= 0.3 is 0 Å². The Bertz CT molecular complexity index is 687. The highest BCUT2D eigenvalue weighted by Crippen LogP contribution is 2.16. The van der Waals surface area contributed by atoms with Crippen molar-refractivity contribution in [2.75, 3.05) is 11.9 Å². The molecular formula is C21H26N2O2S. The fourth-order valence-electron chi connectivity index (χ4n) is 2.46. The number of carbonyl (C=O) groups excluding carboxylic acids is 1. The van der Waals surface area contributed by atoms with E-state index in [0.29, 0.717) is 5.56 Å². The van der Waals surface area contributed by atoms with Crippen LogP contribution in [0.2, 0.25) is 0 Å². The van der Waals surface area contributed by atoms with Crippen molar-refractivity contribution in [2.45, 2.75) is 39.0 Å². The second-order valence-corrected chi connectivity index (χ2v) is 6.47. The normalized spacial score (nSPS) is 10.2. The number of amides is 1. The molecule has 26 heavy (non-hydrogen) atoms. The molecule has 0 aromatic heterocycles. The first-order valence-corrected chi connectivity index (χ1v) is 9.50. The summed E-state index contributed by atoms with van der Waals surface area (Å²) >= 11 is 5.19. The first kappa shape index (κ1) is 19.9. The predicted octanol–water partition coefficient (Wildman–Crippen LogP) is 5.16. The zero-order chi connectivity index (χ0) is 18.6. The third-order valence-corrected chi connectivity index (χ3v) is 4.10. The smallest absolute Gasteiger partial charge is 0.257 e. The zero-order valence-electron chi connectivity index (χ0n) is 15.2. The fourth-order valence-corrected chi connectivity index (χ4v) is 2.67. The van der Waals surface area contributed by atoms with Gasteiger partial charge in [0.05, 0.1) is 6.61 Å². The SMILES string of the molecule is CCCCCCCOc1ccc(NC(=S)NC(=O)c2ccccc2)cc1. The lowest BCUT2D eigenvalue weighted by molar-refractivity contribution is 0.0977. The largest absolute Gasteiger partial charge is 0.494 e. The van der Waals surface area contributed by atoms with E-state index in [-0.39, 0.29) is 11.0 Å². The molecule has 0 bridgehead atoms. The van der Waals surface area contributed by atoms with E-state index in [1.54, 1.807) is 12.1 Å². The van der Waals surface area contributed by atoms with Crippen LogP contribution in [0.5, 0.6) is 5.75 Å². The van der Waals surface area contributed by atoms with E-state index >= 15 is 0 Å². The van der Waals surface area contributed by atoms with E-state index < -0.39 is 0 Å². The minimum atomic E-state index is -0.230. The molecule has 4 nitrogen and oxygen atoms in total. The van der Waals surface area contributed by atoms with E-state index in [0.717, 1.165) is 24.5 Å². The van der Waals surface area contributed by atoms with Crippen LogP contribution in [0.4, 0.5) is 5.69 Å². The van der Waals surface area contributed by atoms with Gasteiger partial charge in [0, 0.05) is 11.3 Å². The molecule has 5 heteroatoms. The van der Waals surface area contributed by atoms with E-state index in [9.17, 15) is 4.79 Å². The highest BCUT2D eigenvalue weighted by atomic mass is 32.1. The topological polar surface area (TPSA) is 50.4 Å². The van der Waals surface area contributed by atoms with Crippen LogP contribution < -0.4 is 15.4 Å². The second kappa shape index (κ2) is 11.3. The van der Waals surface area contributed by atoms with Gasteiger partial charge in [-0.05, 0) is 55.0 Å². The lowest BCUT2D eigenvalue weighted by Gasteiger charge is -2.11. The fraction of sp³-hybridized carbons (Fsp3) is 0.333. The van der Waals surface area contributed by atoms with Crippen LogP contribution >= 0.6 is 12.2 Å². The highest BCUT2D eigenvalue weighted by Gasteiger charge is 2.07. The molecule has 0 atom stereocenters. The Morgan fingerprint density at radius 3 is 2.35 bits per heavy atom. The third-order valence-electron chi connectivity index (χ3n) is 3.89. The molecule has 138 valence electrons. The number of hydrogen-bond acceptors (Lipinski definition) is 3. The van der Waals surface area contributed by atoms with Crippen molar-refractivity contribution in [1.29, 1.82) is 0 Å². The number of hydrogen-bond donors (Lipinski definition) is 2. The Balaban J connectivity index is 1.72. The molecule has 0 heterocycles. The van der Waals surface area contributed by atoms with Crippen molar-refractivity contribution in [3.05, 3.63) is 60.2 Å². The predicted molar refractivity (Wildman–Crippen MR) is 111 cm³/mol. The molecule has 0 unspecified atom stereocenters. The Kier molecular flexibility index (Phi) is 8.63. The van der Waals surface area contributed by atoms with Crippen LogP contribution in [0.25, 0.3) is 0 Å². The Labute approximate surface area is 161 Å². The molecule has 0 aliphatic carbocycles. The molecule has 2 aromatic carbocycles. The Morgan fingerprint density at radius 2 is 1.65 bits per heavy atom. The standard InChI is InChI=1S/C21H26N2O2S/c1-2-3-4-5-9-16-25-19-14-12-18(13-15-19)22-21(26)23-20(24)17-10-7-6-8-11-17/h6-8,10-15H,2-5,9,16H2,1H3,(H2,22,23,24,26). The maximum Gasteiger partial charge on any atom is 0.257 e. The van der Waals surface area contributed by atoms with Crippen molar-refractivity contribution >= 4 is 28.9 Å². The lowest BCUT2D eigenvalue weighted by Crippen LogP contribution is -2.34. The number of nitrogens with one attached hydrogen (secondary N) is 2. The van der Waals surface area contributed by atoms with E-state index in [1.165, 1.54) is 25.7 Å². The van der Waals surface area contributed by atoms with Crippen LogP contribution in [0, 0.1) is 0 Å². The molecule has 0 saturated heterocycles. The quantitative estimate of drug-likeness (QED) is 0.473. The van der Waals surface area contributed by atoms with Crippen LogP contribution in [-0.2, 0) is 0 Å². The van der Waals surface area contributed by atoms with Gasteiger partial charge in [0.25, 0.3) is 5.91 Å². The first-order chi connectivity index (χ1) is 12.7. The van der Waals surface area contributed by atoms with Gasteiger partial charge in [-0.1, -0.05) is 50.8 Å². The van der Waals surface area contributed by atoms with E-state index in [2.05, 4.69) is 17.6 Å². The van der Waals surface area contributed by atoms with E-state index in [4.69, 9.17) is 17.0 Å². The van der Waals surface area contributed by atoms with Crippen molar-refractivity contribution in [3.8, 4) is 5.75 Å². The van der Waals surface area contributed by atoms with Crippen molar-refractivity contribution in [1.82, 2.24) is 5.32 Å². The summed E-state index contributed by atoms with van der Waals surface area (Å²) in [7, 11) is 0. The van der Waals surface area contributed by atoms with Gasteiger partial charge in [-0.15, -0.1) is 0 Å². The van der Waals surface area contributed by atoms with Gasteiger partial charge in [0.1, 0.15) is 5.75 Å². The molecule has 2 N–H and O–H groups in total. The summed E-state index contributed by atoms with van der Waals surface area (Å²) in [6.45, 7) is 2.95. The Morgan fingerprint density at radius 1 is 0.962 bits per heavy atom. The minimum Gasteiger partial charge on any atom is -0.494 e. The maximum absolute atomic E-state index is 12.1. The number of ether oxygens (including phenoxy) is 1. The molecule has 0 fully saturated rings. The zero-order valence-corrected chi connectivity index (χ0v) is 16.0. The summed E-state index contributed by atoms with van der Waals surface area (Å²) in [6, 6.07) is 16.5. The Hall–Kier alpha value is -2.40. The van der Waals surface area contributed by atoms with Gasteiger partial charge in [-0.25, -0.2) is 0 Å². The molecule has 0 aliphatic rings. The van der Waals surface area contributed by atoms with E-state index in [1.807, 2.05) is 42.5 Å². The summed E-state index contributed by atoms with van der Waals surface area (Å²) in [6.07, 6.45) is 6.11. The number of thiocarbonyl (C=S) groups is 1. The van der Waals surface area contributed by atoms with Gasteiger partial charge < -0.3 is 10.1 Å². The third kappa shape index (κ3) is 7.23. The molecule has 0 spiro atoms. The molecule has 0 aliphatic heterocycles. The van der Waals surface area contributed by atoms with Crippen LogP contribution in [0.3, 0.4) is 0 Å². The van der Waals surface area contributed by atoms with Gasteiger partial charge in [-0.3, -0.25) is 10.1 Å². The number of carbonyl (C=O) groups is 1. The molecule has 0 radical (unpaired) electrons. The van der Waals surface area contributed by atoms with Gasteiger partial charge in [-0.2, -0.15) is 0 Å². The van der Waals surface area contributed by atoms with Crippen molar-refractivity contribution in [3.63, 3.8) is 0 Å². The maximum atomic E-state index is 12.1. The first-order valence-electron chi connectivity index (χ1n) is 9.09. The van der Waals surface area contributed by atoms with Crippen LogP contribution in [0.1, 0.15) is 49.4 Å². The molecule has 1 amide bonds. The molecule has 0 saturated carbocycles. The summed E-state index contributed by atoms with van der Waals surface area (Å²) in [5.41, 5.74) is 1.37. The number of unbranched alkanes of at least 4 members (excludes halogenated alkanes) is 4. The van der Waals surface area contributed by atoms with Crippen LogP contribution in [-0.4, -0.2) is 17.6 Å². The van der Waals surface area contributed by atoms with Gasteiger partial charge in [0.15, 0.2) is 5.11 Å². The average Bonchev–Trinajstić information content (AvgIpc) is 2.66. The van der Waals surface area contributed by atoms with Crippen molar-refractivity contribution < 1.29 is 9.53 Å². The number of benzene rings is 2. The number of rotatable bonds is 9. The molecular weight excluding hydrogens is 344 g/mol. The number of anilines is 1. The summed E-state index contributed by atoms with van der Waals surface area (Å²) in [4.78, 5) is 12.1. The summed E-state index contributed by atoms with van der Waals surface area (Å²) in [5.74, 6) is 0.608. The highest BCUT2D eigenvalue weighted by molar-refractivity contribution is 7.80. The summed E-state index contributed by atoms with van der Waals surface area (Å²) in [5, 5.41) is 5.94. The molecule has 2 rings (SSSR count). The summed E-state index contributed by atoms with van der Waals surface area (Å²) < 4.78 is 5.74. The van der Waals surface area contributed by atoms with Crippen LogP contribution in [0.15, 0.2) is 54.6 Å². The minimum absolute atomic E-state index is 0.230. The monoisotopic (exact) mass is 370 g/mol. The second-order valence-electron chi connectivity index (χ2n) is 6.06. The molecule has 2 aromatic rings. The van der Waals surface area contributed by atoms with Gasteiger partial charge in [0.2, 0.25) is 0 Å².